The lowest BCUT2D eigenvalue weighted by Crippen LogP contribution is -2.53. The Kier molecular flexibility index (Phi) is 6.94. The first-order valence-corrected chi connectivity index (χ1v) is 10.5. The minimum absolute atomic E-state index is 0.178. The molecule has 2 aliphatic heterocycles. The fraction of sp³-hybridized carbons (Fsp3) is 0.636. The molecule has 2 aliphatic rings. The molecule has 0 radical (unpaired) electrons. The summed E-state index contributed by atoms with van der Waals surface area (Å²) < 4.78 is 0. The molecule has 0 atom stereocenters. The van der Waals surface area contributed by atoms with E-state index in [2.05, 4.69) is 58.0 Å². The van der Waals surface area contributed by atoms with E-state index in [9.17, 15) is 4.79 Å². The van der Waals surface area contributed by atoms with Gasteiger partial charge in [-0.05, 0) is 51.3 Å². The largest absolute Gasteiger partial charge is 0.399 e. The van der Waals surface area contributed by atoms with Crippen LogP contribution in [0.25, 0.3) is 0 Å². The van der Waals surface area contributed by atoms with Crippen LogP contribution in [-0.2, 0) is 9.63 Å². The number of piperidine rings is 1. The van der Waals surface area contributed by atoms with Crippen molar-refractivity contribution in [2.75, 3.05) is 51.3 Å². The summed E-state index contributed by atoms with van der Waals surface area (Å²) in [7, 11) is 1.56. The highest BCUT2D eigenvalue weighted by Crippen LogP contribution is 2.25. The number of amides is 1. The highest BCUT2D eigenvalue weighted by molar-refractivity contribution is 5.98. The normalized spacial score (nSPS) is 20.0. The fourth-order valence-electron chi connectivity index (χ4n) is 4.20. The van der Waals surface area contributed by atoms with Gasteiger partial charge in [-0.15, -0.1) is 0 Å². The van der Waals surface area contributed by atoms with Gasteiger partial charge in [0, 0.05) is 56.9 Å². The summed E-state index contributed by atoms with van der Waals surface area (Å²) in [6.45, 7) is 12.0. The molecule has 2 saturated heterocycles. The summed E-state index contributed by atoms with van der Waals surface area (Å²) >= 11 is 0. The van der Waals surface area contributed by atoms with E-state index in [-0.39, 0.29) is 5.92 Å². The number of benzene rings is 1. The van der Waals surface area contributed by atoms with Crippen LogP contribution in [0.15, 0.2) is 29.4 Å². The van der Waals surface area contributed by atoms with Gasteiger partial charge in [0.15, 0.2) is 0 Å². The number of hydrogen-bond acceptors (Lipinski definition) is 5. The molecule has 0 unspecified atom stereocenters. The number of carbonyl (C=O) groups excluding carboxylic acids is 1. The Hall–Kier alpha value is -2.08. The molecule has 0 N–H and O–H groups in total. The van der Waals surface area contributed by atoms with E-state index in [4.69, 9.17) is 4.84 Å². The zero-order valence-corrected chi connectivity index (χ0v) is 17.7. The first kappa shape index (κ1) is 20.6. The molecule has 0 aromatic heterocycles. The third-order valence-corrected chi connectivity index (χ3v) is 6.08. The summed E-state index contributed by atoms with van der Waals surface area (Å²) in [5.41, 5.74) is 3.15. The van der Waals surface area contributed by atoms with Crippen LogP contribution in [0, 0.1) is 5.92 Å². The molecule has 1 aromatic rings. The zero-order chi connectivity index (χ0) is 20.1. The molecule has 1 amide bonds. The Balaban J connectivity index is 1.50. The molecule has 0 spiro atoms. The van der Waals surface area contributed by atoms with Gasteiger partial charge in [0.2, 0.25) is 5.91 Å². The summed E-state index contributed by atoms with van der Waals surface area (Å²) in [4.78, 5) is 24.7. The maximum atomic E-state index is 12.9. The average molecular weight is 387 g/mol. The summed E-state index contributed by atoms with van der Waals surface area (Å²) in [6.07, 6.45) is 1.88. The van der Waals surface area contributed by atoms with Gasteiger partial charge in [0.1, 0.15) is 7.11 Å². The third-order valence-electron chi connectivity index (χ3n) is 6.08. The molecule has 0 aliphatic carbocycles. The maximum Gasteiger partial charge on any atom is 0.225 e. The van der Waals surface area contributed by atoms with Crippen molar-refractivity contribution in [2.45, 2.75) is 39.7 Å². The number of piperazine rings is 1. The number of anilines is 1. The van der Waals surface area contributed by atoms with Gasteiger partial charge in [-0.25, -0.2) is 0 Å². The van der Waals surface area contributed by atoms with Gasteiger partial charge < -0.3 is 14.6 Å². The number of hydrogen-bond donors (Lipinski definition) is 0. The van der Waals surface area contributed by atoms with Crippen molar-refractivity contribution in [3.63, 3.8) is 0 Å². The number of oxime groups is 1. The zero-order valence-electron chi connectivity index (χ0n) is 17.7. The minimum atomic E-state index is 0.178. The number of rotatable bonds is 5. The van der Waals surface area contributed by atoms with Crippen molar-refractivity contribution >= 4 is 17.3 Å². The summed E-state index contributed by atoms with van der Waals surface area (Å²) in [5, 5.41) is 3.98. The van der Waals surface area contributed by atoms with Crippen molar-refractivity contribution in [1.82, 2.24) is 9.80 Å². The summed E-state index contributed by atoms with van der Waals surface area (Å²) in [6, 6.07) is 9.00. The van der Waals surface area contributed by atoms with Crippen LogP contribution in [0.4, 0.5) is 5.69 Å². The lowest BCUT2D eigenvalue weighted by molar-refractivity contribution is -0.138. The van der Waals surface area contributed by atoms with Crippen LogP contribution in [0.5, 0.6) is 0 Å². The Morgan fingerprint density at radius 2 is 1.64 bits per heavy atom. The highest BCUT2D eigenvalue weighted by Gasteiger charge is 2.30. The smallest absolute Gasteiger partial charge is 0.225 e. The molecule has 6 nitrogen and oxygen atoms in total. The highest BCUT2D eigenvalue weighted by atomic mass is 16.6. The van der Waals surface area contributed by atoms with Crippen LogP contribution < -0.4 is 4.90 Å². The molecular formula is C22H34N4O2. The van der Waals surface area contributed by atoms with Crippen LogP contribution in [0.2, 0.25) is 0 Å². The predicted molar refractivity (Wildman–Crippen MR) is 114 cm³/mol. The molecule has 3 rings (SSSR count). The monoisotopic (exact) mass is 386 g/mol. The molecule has 1 aromatic carbocycles. The lowest BCUT2D eigenvalue weighted by Gasteiger charge is -2.40. The first-order valence-electron chi connectivity index (χ1n) is 10.5. The van der Waals surface area contributed by atoms with Crippen LogP contribution >= 0.6 is 0 Å². The first-order chi connectivity index (χ1) is 13.5. The molecule has 0 bridgehead atoms. The second-order valence-corrected chi connectivity index (χ2v) is 8.12. The lowest BCUT2D eigenvalue weighted by atomic mass is 9.94. The van der Waals surface area contributed by atoms with E-state index < -0.39 is 0 Å². The van der Waals surface area contributed by atoms with Crippen molar-refractivity contribution < 1.29 is 9.63 Å². The van der Waals surface area contributed by atoms with E-state index in [1.807, 2.05) is 6.92 Å². The van der Waals surface area contributed by atoms with E-state index in [1.165, 1.54) is 5.69 Å². The fourth-order valence-corrected chi connectivity index (χ4v) is 4.20. The van der Waals surface area contributed by atoms with E-state index in [0.717, 1.165) is 63.4 Å². The third kappa shape index (κ3) is 4.85. The topological polar surface area (TPSA) is 48.4 Å². The Morgan fingerprint density at radius 3 is 2.18 bits per heavy atom. The standard InChI is InChI=1S/C22H34N4O2/c1-17(2)24-13-15-26(16-14-24)22(27)20-9-11-25(12-10-20)21-7-5-19(6-8-21)18(3)23-28-4/h5-8,17,20H,9-16H2,1-4H3/b23-18+. The van der Waals surface area contributed by atoms with E-state index >= 15 is 0 Å². The molecular weight excluding hydrogens is 352 g/mol. The van der Waals surface area contributed by atoms with Crippen molar-refractivity contribution in [1.29, 1.82) is 0 Å². The molecule has 28 heavy (non-hydrogen) atoms. The van der Waals surface area contributed by atoms with Crippen molar-refractivity contribution in [2.24, 2.45) is 11.1 Å². The SMILES string of the molecule is CO/N=C(\C)c1ccc(N2CCC(C(=O)N3CCN(C(C)C)CC3)CC2)cc1. The molecule has 2 fully saturated rings. The van der Waals surface area contributed by atoms with E-state index in [1.54, 1.807) is 7.11 Å². The van der Waals surface area contributed by atoms with Crippen LogP contribution in [-0.4, -0.2) is 73.8 Å². The van der Waals surface area contributed by atoms with Gasteiger partial charge in [0.25, 0.3) is 0 Å². The van der Waals surface area contributed by atoms with Crippen molar-refractivity contribution in [3.05, 3.63) is 29.8 Å². The quantitative estimate of drug-likeness (QED) is 0.577. The van der Waals surface area contributed by atoms with Gasteiger partial charge in [0.05, 0.1) is 5.71 Å². The Labute approximate surface area is 169 Å². The van der Waals surface area contributed by atoms with Gasteiger partial charge >= 0.3 is 0 Å². The number of nitrogens with zero attached hydrogens (tertiary/aromatic N) is 4. The minimum Gasteiger partial charge on any atom is -0.399 e. The van der Waals surface area contributed by atoms with Gasteiger partial charge in [-0.3, -0.25) is 9.69 Å². The van der Waals surface area contributed by atoms with Crippen LogP contribution in [0.3, 0.4) is 0 Å². The second kappa shape index (κ2) is 9.41. The number of carbonyl (C=O) groups is 1. The Morgan fingerprint density at radius 1 is 1.04 bits per heavy atom. The van der Waals surface area contributed by atoms with E-state index in [0.29, 0.717) is 11.9 Å². The van der Waals surface area contributed by atoms with Gasteiger partial charge in [-0.2, -0.15) is 0 Å². The molecule has 6 heteroatoms. The summed E-state index contributed by atoms with van der Waals surface area (Å²) in [5.74, 6) is 0.544. The predicted octanol–water partition coefficient (Wildman–Crippen LogP) is 2.83. The average Bonchev–Trinajstić information content (AvgIpc) is 2.74. The molecule has 154 valence electrons. The molecule has 0 saturated carbocycles. The Bertz CT molecular complexity index is 670. The van der Waals surface area contributed by atoms with Gasteiger partial charge in [-0.1, -0.05) is 17.3 Å². The second-order valence-electron chi connectivity index (χ2n) is 8.12. The van der Waals surface area contributed by atoms with Crippen molar-refractivity contribution in [3.8, 4) is 0 Å². The molecule has 2 heterocycles. The van der Waals surface area contributed by atoms with Crippen LogP contribution in [0.1, 0.15) is 39.2 Å². The maximum absolute atomic E-state index is 12.9.